The number of carbonyl (C=O) groups excluding carboxylic acids is 2. The van der Waals surface area contributed by atoms with Gasteiger partial charge in [-0.05, 0) is 67.6 Å². The van der Waals surface area contributed by atoms with E-state index in [1.165, 1.54) is 21.9 Å². The van der Waals surface area contributed by atoms with E-state index >= 15 is 0 Å². The second-order valence-electron chi connectivity index (χ2n) is 11.3. The third-order valence-electron chi connectivity index (χ3n) is 7.06. The predicted molar refractivity (Wildman–Crippen MR) is 148 cm³/mol. The fourth-order valence-corrected chi connectivity index (χ4v) is 4.86. The van der Waals surface area contributed by atoms with E-state index in [4.69, 9.17) is 9.47 Å². The van der Waals surface area contributed by atoms with Crippen LogP contribution in [0.15, 0.2) is 66.7 Å². The smallest absolute Gasteiger partial charge is 0.416 e. The van der Waals surface area contributed by atoms with E-state index in [9.17, 15) is 27.9 Å². The van der Waals surface area contributed by atoms with Crippen LogP contribution in [0.2, 0.25) is 0 Å². The standard InChI is InChI=1S/C31H35F3N2O5/c1-29(2,3)41-28(38)36(21-23-10-6-9-22-8-4-5-13-26(22)23)18-19-40-27(37)35-16-14-30(39,15-17-35)24-11-7-12-25(20-24)31(32,33)34/h4-13,20,39H,14-19,21H2,1-3H3. The molecule has 0 spiro atoms. The largest absolute Gasteiger partial charge is 0.448 e. The maximum absolute atomic E-state index is 13.1. The van der Waals surface area contributed by atoms with E-state index in [1.807, 2.05) is 42.5 Å². The van der Waals surface area contributed by atoms with Crippen molar-refractivity contribution in [3.8, 4) is 0 Å². The molecular formula is C31H35F3N2O5. The van der Waals surface area contributed by atoms with Crippen LogP contribution in [0.5, 0.6) is 0 Å². The van der Waals surface area contributed by atoms with Crippen molar-refractivity contribution in [3.05, 3.63) is 83.4 Å². The minimum Gasteiger partial charge on any atom is -0.448 e. The van der Waals surface area contributed by atoms with Crippen molar-refractivity contribution in [2.24, 2.45) is 0 Å². The van der Waals surface area contributed by atoms with Gasteiger partial charge in [-0.3, -0.25) is 0 Å². The van der Waals surface area contributed by atoms with Crippen molar-refractivity contribution in [2.75, 3.05) is 26.2 Å². The summed E-state index contributed by atoms with van der Waals surface area (Å²) in [6, 6.07) is 18.3. The highest BCUT2D eigenvalue weighted by Crippen LogP contribution is 2.37. The topological polar surface area (TPSA) is 79.3 Å². The molecule has 7 nitrogen and oxygen atoms in total. The Kier molecular flexibility index (Phi) is 8.82. The van der Waals surface area contributed by atoms with Crippen LogP contribution in [0, 0.1) is 0 Å². The number of benzene rings is 3. The Bertz CT molecular complexity index is 1370. The molecule has 1 heterocycles. The highest BCUT2D eigenvalue weighted by Gasteiger charge is 2.38. The van der Waals surface area contributed by atoms with Gasteiger partial charge in [-0.25, -0.2) is 9.59 Å². The third kappa shape index (κ3) is 7.70. The molecule has 1 saturated heterocycles. The highest BCUT2D eigenvalue weighted by molar-refractivity contribution is 5.86. The van der Waals surface area contributed by atoms with Gasteiger partial charge in [0.1, 0.15) is 12.2 Å². The van der Waals surface area contributed by atoms with Gasteiger partial charge >= 0.3 is 18.4 Å². The Hall–Kier alpha value is -3.79. The first-order chi connectivity index (χ1) is 19.2. The van der Waals surface area contributed by atoms with Crippen molar-refractivity contribution in [3.63, 3.8) is 0 Å². The number of carbonyl (C=O) groups is 2. The average molecular weight is 573 g/mol. The summed E-state index contributed by atoms with van der Waals surface area (Å²) < 4.78 is 50.5. The molecule has 1 aliphatic rings. The quantitative estimate of drug-likeness (QED) is 0.355. The van der Waals surface area contributed by atoms with Crippen LogP contribution in [0.4, 0.5) is 22.8 Å². The molecule has 1 N–H and O–H groups in total. The first kappa shape index (κ1) is 30.2. The number of hydrogen-bond donors (Lipinski definition) is 1. The number of fused-ring (bicyclic) bond motifs is 1. The molecule has 3 aromatic carbocycles. The molecular weight excluding hydrogens is 537 g/mol. The first-order valence-electron chi connectivity index (χ1n) is 13.5. The van der Waals surface area contributed by atoms with Gasteiger partial charge in [0, 0.05) is 19.6 Å². The second kappa shape index (κ2) is 12.0. The van der Waals surface area contributed by atoms with E-state index in [2.05, 4.69) is 0 Å². The molecule has 1 fully saturated rings. The van der Waals surface area contributed by atoms with Crippen LogP contribution in [0.3, 0.4) is 0 Å². The molecule has 10 heteroatoms. The lowest BCUT2D eigenvalue weighted by Gasteiger charge is -2.38. The molecule has 41 heavy (non-hydrogen) atoms. The first-order valence-corrected chi connectivity index (χ1v) is 13.5. The number of rotatable bonds is 6. The van der Waals surface area contributed by atoms with Gasteiger partial charge in [0.25, 0.3) is 0 Å². The van der Waals surface area contributed by atoms with Crippen molar-refractivity contribution in [2.45, 2.75) is 57.5 Å². The Balaban J connectivity index is 1.36. The van der Waals surface area contributed by atoms with E-state index in [0.29, 0.717) is 0 Å². The summed E-state index contributed by atoms with van der Waals surface area (Å²) >= 11 is 0. The minimum atomic E-state index is -4.52. The van der Waals surface area contributed by atoms with Crippen LogP contribution >= 0.6 is 0 Å². The normalized spacial score (nSPS) is 15.4. The fourth-order valence-electron chi connectivity index (χ4n) is 4.86. The minimum absolute atomic E-state index is 0.0640. The summed E-state index contributed by atoms with van der Waals surface area (Å²) in [6.07, 6.45) is -5.54. The lowest BCUT2D eigenvalue weighted by Crippen LogP contribution is -2.46. The van der Waals surface area contributed by atoms with Crippen LogP contribution in [-0.2, 0) is 27.8 Å². The van der Waals surface area contributed by atoms with Gasteiger partial charge in [0.05, 0.1) is 17.7 Å². The molecule has 220 valence electrons. The van der Waals surface area contributed by atoms with Gasteiger partial charge in [-0.2, -0.15) is 13.2 Å². The summed E-state index contributed by atoms with van der Waals surface area (Å²) in [5.41, 5.74) is -1.94. The van der Waals surface area contributed by atoms with Gasteiger partial charge in [0.2, 0.25) is 0 Å². The summed E-state index contributed by atoms with van der Waals surface area (Å²) in [6.45, 7) is 5.80. The highest BCUT2D eigenvalue weighted by atomic mass is 19.4. The van der Waals surface area contributed by atoms with Crippen molar-refractivity contribution in [1.29, 1.82) is 0 Å². The van der Waals surface area contributed by atoms with Crippen LogP contribution < -0.4 is 0 Å². The van der Waals surface area contributed by atoms with E-state index in [-0.39, 0.29) is 51.2 Å². The number of likely N-dealkylation sites (tertiary alicyclic amines) is 1. The van der Waals surface area contributed by atoms with Crippen molar-refractivity contribution >= 4 is 23.0 Å². The summed E-state index contributed by atoms with van der Waals surface area (Å²) in [5, 5.41) is 13.1. The lowest BCUT2D eigenvalue weighted by atomic mass is 9.84. The summed E-state index contributed by atoms with van der Waals surface area (Å²) in [7, 11) is 0. The Morgan fingerprint density at radius 1 is 0.976 bits per heavy atom. The Morgan fingerprint density at radius 2 is 1.63 bits per heavy atom. The molecule has 0 bridgehead atoms. The molecule has 4 rings (SSSR count). The molecule has 0 saturated carbocycles. The number of piperidine rings is 1. The molecule has 0 atom stereocenters. The van der Waals surface area contributed by atoms with Crippen molar-refractivity contribution < 1.29 is 37.3 Å². The molecule has 0 aromatic heterocycles. The lowest BCUT2D eigenvalue weighted by molar-refractivity contribution is -0.137. The molecule has 1 aliphatic heterocycles. The molecule has 0 aliphatic carbocycles. The number of nitrogens with zero attached hydrogens (tertiary/aromatic N) is 2. The SMILES string of the molecule is CC(C)(C)OC(=O)N(CCOC(=O)N1CCC(O)(c2cccc(C(F)(F)F)c2)CC1)Cc1cccc2ccccc12. The van der Waals surface area contributed by atoms with E-state index in [0.717, 1.165) is 28.5 Å². The fraction of sp³-hybridized carbons (Fsp3) is 0.419. The van der Waals surface area contributed by atoms with E-state index < -0.39 is 35.1 Å². The molecule has 0 unspecified atom stereocenters. The maximum atomic E-state index is 13.1. The monoisotopic (exact) mass is 572 g/mol. The average Bonchev–Trinajstić information content (AvgIpc) is 2.91. The number of aliphatic hydroxyl groups is 1. The zero-order chi connectivity index (χ0) is 29.8. The summed E-state index contributed by atoms with van der Waals surface area (Å²) in [5.74, 6) is 0. The number of alkyl halides is 3. The zero-order valence-electron chi connectivity index (χ0n) is 23.4. The van der Waals surface area contributed by atoms with Crippen LogP contribution in [-0.4, -0.2) is 58.9 Å². The van der Waals surface area contributed by atoms with Gasteiger partial charge in [0.15, 0.2) is 0 Å². The number of ether oxygens (including phenoxy) is 2. The molecule has 0 radical (unpaired) electrons. The Labute approximate surface area is 237 Å². The predicted octanol–water partition coefficient (Wildman–Crippen LogP) is 6.72. The van der Waals surface area contributed by atoms with Crippen LogP contribution in [0.1, 0.15) is 50.3 Å². The number of halogens is 3. The zero-order valence-corrected chi connectivity index (χ0v) is 23.4. The number of hydrogen-bond acceptors (Lipinski definition) is 5. The third-order valence-corrected chi connectivity index (χ3v) is 7.06. The summed E-state index contributed by atoms with van der Waals surface area (Å²) in [4.78, 5) is 28.7. The number of amides is 2. The van der Waals surface area contributed by atoms with E-state index in [1.54, 1.807) is 20.8 Å². The Morgan fingerprint density at radius 3 is 2.32 bits per heavy atom. The van der Waals surface area contributed by atoms with Gasteiger partial charge in [-0.15, -0.1) is 0 Å². The molecule has 3 aromatic rings. The van der Waals surface area contributed by atoms with Gasteiger partial charge < -0.3 is 24.4 Å². The molecule has 2 amide bonds. The second-order valence-corrected chi connectivity index (χ2v) is 11.3. The van der Waals surface area contributed by atoms with Crippen molar-refractivity contribution in [1.82, 2.24) is 9.80 Å². The maximum Gasteiger partial charge on any atom is 0.416 e. The van der Waals surface area contributed by atoms with Crippen LogP contribution in [0.25, 0.3) is 10.8 Å². The van der Waals surface area contributed by atoms with Gasteiger partial charge in [-0.1, -0.05) is 54.6 Å².